The molecule has 2 aromatic carbocycles. The van der Waals surface area contributed by atoms with E-state index in [9.17, 15) is 9.59 Å². The van der Waals surface area contributed by atoms with Gasteiger partial charge >= 0.3 is 0 Å². The Morgan fingerprint density at radius 1 is 0.433 bits per heavy atom. The summed E-state index contributed by atoms with van der Waals surface area (Å²) in [7, 11) is 3.64. The maximum atomic E-state index is 13.6. The number of nitrogens with zero attached hydrogens (tertiary/aromatic N) is 2. The molecule has 4 nitrogen and oxygen atoms in total. The summed E-state index contributed by atoms with van der Waals surface area (Å²) in [5, 5.41) is 0. The first-order valence-electron chi connectivity index (χ1n) is 10.4. The van der Waals surface area contributed by atoms with E-state index in [1.54, 1.807) is 9.80 Å². The molecule has 0 bridgehead atoms. The standard InChI is InChI=1S/C26H30N2O2/c1-11-13(3)17(7)23-19(15(11)5)21(25(29)27(23)9)22-20-16(6)12(2)14(4)18(8)24(20)28(10)26(22)30/h1-10H3. The summed E-state index contributed by atoms with van der Waals surface area (Å²) < 4.78 is 0. The summed E-state index contributed by atoms with van der Waals surface area (Å²) in [6.07, 6.45) is 0. The Morgan fingerprint density at radius 3 is 1.00 bits per heavy atom. The van der Waals surface area contributed by atoms with Gasteiger partial charge in [-0.2, -0.15) is 0 Å². The second-order valence-electron chi connectivity index (χ2n) is 8.93. The molecule has 2 amide bonds. The van der Waals surface area contributed by atoms with Gasteiger partial charge in [-0.25, -0.2) is 0 Å². The lowest BCUT2D eigenvalue weighted by molar-refractivity contribution is -0.114. The molecule has 0 saturated carbocycles. The highest BCUT2D eigenvalue weighted by atomic mass is 16.2. The molecule has 0 fully saturated rings. The number of hydrogen-bond acceptors (Lipinski definition) is 2. The van der Waals surface area contributed by atoms with E-state index in [1.807, 2.05) is 14.1 Å². The molecule has 2 heterocycles. The van der Waals surface area contributed by atoms with Gasteiger partial charge in [0.2, 0.25) is 0 Å². The molecule has 30 heavy (non-hydrogen) atoms. The first kappa shape index (κ1) is 20.4. The Kier molecular flexibility index (Phi) is 4.29. The number of amides is 2. The Balaban J connectivity index is 2.23. The van der Waals surface area contributed by atoms with Crippen LogP contribution in [0.2, 0.25) is 0 Å². The van der Waals surface area contributed by atoms with Gasteiger partial charge in [-0.1, -0.05) is 0 Å². The lowest BCUT2D eigenvalue weighted by Crippen LogP contribution is -2.24. The van der Waals surface area contributed by atoms with E-state index in [-0.39, 0.29) is 11.8 Å². The van der Waals surface area contributed by atoms with Gasteiger partial charge in [0.05, 0.1) is 22.5 Å². The van der Waals surface area contributed by atoms with Gasteiger partial charge in [0.15, 0.2) is 0 Å². The first-order chi connectivity index (χ1) is 13.9. The highest BCUT2D eigenvalue weighted by molar-refractivity contribution is 6.50. The van der Waals surface area contributed by atoms with E-state index in [0.29, 0.717) is 11.1 Å². The average molecular weight is 403 g/mol. The summed E-state index contributed by atoms with van der Waals surface area (Å²) >= 11 is 0. The van der Waals surface area contributed by atoms with Crippen LogP contribution in [0.5, 0.6) is 0 Å². The monoisotopic (exact) mass is 402 g/mol. The molecule has 2 aliphatic heterocycles. The molecule has 4 heteroatoms. The van der Waals surface area contributed by atoms with Crippen molar-refractivity contribution in [3.8, 4) is 0 Å². The van der Waals surface area contributed by atoms with Crippen molar-refractivity contribution in [3.05, 3.63) is 55.6 Å². The van der Waals surface area contributed by atoms with Gasteiger partial charge in [-0.05, 0) is 99.9 Å². The van der Waals surface area contributed by atoms with Gasteiger partial charge in [0, 0.05) is 25.2 Å². The fraction of sp³-hybridized carbons (Fsp3) is 0.385. The maximum Gasteiger partial charge on any atom is 0.259 e. The van der Waals surface area contributed by atoms with E-state index >= 15 is 0 Å². The summed E-state index contributed by atoms with van der Waals surface area (Å²) in [4.78, 5) is 30.6. The third-order valence-electron chi connectivity index (χ3n) is 7.77. The van der Waals surface area contributed by atoms with Gasteiger partial charge in [-0.3, -0.25) is 9.59 Å². The average Bonchev–Trinajstić information content (AvgIpc) is 3.12. The van der Waals surface area contributed by atoms with Crippen LogP contribution in [0.1, 0.15) is 55.6 Å². The highest BCUT2D eigenvalue weighted by Gasteiger charge is 2.43. The fourth-order valence-corrected chi connectivity index (χ4v) is 5.25. The van der Waals surface area contributed by atoms with Crippen LogP contribution < -0.4 is 9.80 Å². The molecule has 0 aliphatic carbocycles. The number of carbonyl (C=O) groups is 2. The highest BCUT2D eigenvalue weighted by Crippen LogP contribution is 2.51. The molecule has 0 spiro atoms. The van der Waals surface area contributed by atoms with Gasteiger partial charge in [0.1, 0.15) is 0 Å². The van der Waals surface area contributed by atoms with Crippen LogP contribution in [0.4, 0.5) is 11.4 Å². The molecule has 4 rings (SSSR count). The van der Waals surface area contributed by atoms with Crippen molar-refractivity contribution >= 4 is 34.3 Å². The molecule has 0 aromatic heterocycles. The molecular formula is C26H30N2O2. The zero-order valence-corrected chi connectivity index (χ0v) is 19.7. The predicted octanol–water partition coefficient (Wildman–Crippen LogP) is 5.02. The van der Waals surface area contributed by atoms with Crippen LogP contribution in [0.25, 0.3) is 11.1 Å². The number of benzene rings is 2. The SMILES string of the molecule is Cc1c(C)c(C)c2c(c1C)C(=C1C(=O)N(C)c3c(C)c(C)c(C)c(C)c31)C(=O)N2C. The lowest BCUT2D eigenvalue weighted by Gasteiger charge is -2.19. The molecule has 0 radical (unpaired) electrons. The van der Waals surface area contributed by atoms with E-state index < -0.39 is 0 Å². The quantitative estimate of drug-likeness (QED) is 0.581. The van der Waals surface area contributed by atoms with E-state index in [1.165, 1.54) is 22.3 Å². The van der Waals surface area contributed by atoms with Crippen LogP contribution in [-0.2, 0) is 9.59 Å². The lowest BCUT2D eigenvalue weighted by atomic mass is 9.85. The largest absolute Gasteiger partial charge is 0.310 e. The van der Waals surface area contributed by atoms with Crippen molar-refractivity contribution in [3.63, 3.8) is 0 Å². The van der Waals surface area contributed by atoms with Crippen LogP contribution in [0.3, 0.4) is 0 Å². The summed E-state index contributed by atoms with van der Waals surface area (Å²) in [5.41, 5.74) is 13.9. The smallest absolute Gasteiger partial charge is 0.259 e. The molecule has 156 valence electrons. The molecular weight excluding hydrogens is 372 g/mol. The molecule has 0 atom stereocenters. The third-order valence-corrected chi connectivity index (χ3v) is 7.77. The van der Waals surface area contributed by atoms with Crippen molar-refractivity contribution < 1.29 is 9.59 Å². The minimum Gasteiger partial charge on any atom is -0.310 e. The van der Waals surface area contributed by atoms with E-state index in [4.69, 9.17) is 0 Å². The Morgan fingerprint density at radius 2 is 0.700 bits per heavy atom. The van der Waals surface area contributed by atoms with Gasteiger partial charge < -0.3 is 9.80 Å². The summed E-state index contributed by atoms with van der Waals surface area (Å²) in [6, 6.07) is 0. The maximum absolute atomic E-state index is 13.6. The predicted molar refractivity (Wildman–Crippen MR) is 124 cm³/mol. The van der Waals surface area contributed by atoms with Gasteiger partial charge in [0.25, 0.3) is 11.8 Å². The summed E-state index contributed by atoms with van der Waals surface area (Å²) in [6.45, 7) is 16.7. The number of hydrogen-bond donors (Lipinski definition) is 0. The number of carbonyl (C=O) groups excluding carboxylic acids is 2. The number of fused-ring (bicyclic) bond motifs is 2. The van der Waals surface area contributed by atoms with Crippen LogP contribution in [0, 0.1) is 55.4 Å². The van der Waals surface area contributed by atoms with E-state index in [2.05, 4.69) is 55.4 Å². The summed E-state index contributed by atoms with van der Waals surface area (Å²) in [5.74, 6) is -0.192. The van der Waals surface area contributed by atoms with Crippen molar-refractivity contribution in [2.75, 3.05) is 23.9 Å². The normalized spacial score (nSPS) is 17.9. The van der Waals surface area contributed by atoms with E-state index in [0.717, 1.165) is 44.8 Å². The van der Waals surface area contributed by atoms with Crippen molar-refractivity contribution in [1.29, 1.82) is 0 Å². The Bertz CT molecular complexity index is 1140. The van der Waals surface area contributed by atoms with Crippen molar-refractivity contribution in [2.45, 2.75) is 55.4 Å². The Hall–Kier alpha value is -2.88. The van der Waals surface area contributed by atoms with Crippen LogP contribution >= 0.6 is 0 Å². The zero-order chi connectivity index (χ0) is 22.4. The van der Waals surface area contributed by atoms with Crippen LogP contribution in [-0.4, -0.2) is 25.9 Å². The fourth-order valence-electron chi connectivity index (χ4n) is 5.25. The van der Waals surface area contributed by atoms with Crippen LogP contribution in [0.15, 0.2) is 0 Å². The molecule has 0 N–H and O–H groups in total. The zero-order valence-electron chi connectivity index (χ0n) is 19.7. The number of rotatable bonds is 0. The van der Waals surface area contributed by atoms with Gasteiger partial charge in [-0.15, -0.1) is 0 Å². The van der Waals surface area contributed by atoms with Crippen molar-refractivity contribution in [1.82, 2.24) is 0 Å². The minimum absolute atomic E-state index is 0.0962. The molecule has 2 aliphatic rings. The molecule has 0 unspecified atom stereocenters. The number of anilines is 2. The molecule has 0 saturated heterocycles. The van der Waals surface area contributed by atoms with Crippen molar-refractivity contribution in [2.24, 2.45) is 0 Å². The first-order valence-corrected chi connectivity index (χ1v) is 10.4. The third kappa shape index (κ3) is 2.22. The minimum atomic E-state index is -0.0962. The molecule has 2 aromatic rings. The topological polar surface area (TPSA) is 40.6 Å². The number of likely N-dealkylation sites (N-methyl/N-ethyl adjacent to an activating group) is 2. The second kappa shape index (κ2) is 6.31. The second-order valence-corrected chi connectivity index (χ2v) is 8.93. The Labute approximate surface area is 179 Å².